The fourth-order valence-corrected chi connectivity index (χ4v) is 2.78. The first-order valence-corrected chi connectivity index (χ1v) is 6.11. The zero-order valence-electron chi connectivity index (χ0n) is 9.16. The molecule has 1 saturated heterocycles. The number of carboxylic acid groups (broad SMARTS) is 1. The first-order chi connectivity index (χ1) is 8.38. The van der Waals surface area contributed by atoms with E-state index in [9.17, 15) is 18.0 Å². The van der Waals surface area contributed by atoms with Gasteiger partial charge in [0, 0.05) is 13.0 Å². The molecule has 1 atom stereocenters. The molecule has 0 aliphatic carbocycles. The van der Waals surface area contributed by atoms with E-state index in [4.69, 9.17) is 9.84 Å². The maximum Gasteiger partial charge on any atom is 0.435 e. The molecule has 1 aliphatic heterocycles. The van der Waals surface area contributed by atoms with Gasteiger partial charge in [0.1, 0.15) is 4.88 Å². The van der Waals surface area contributed by atoms with Gasteiger partial charge in [-0.05, 0) is 12.8 Å². The van der Waals surface area contributed by atoms with Crippen molar-refractivity contribution in [1.29, 1.82) is 0 Å². The van der Waals surface area contributed by atoms with E-state index in [-0.39, 0.29) is 17.5 Å². The molecule has 0 saturated carbocycles. The maximum atomic E-state index is 12.6. The Kier molecular flexibility index (Phi) is 3.58. The number of halogens is 3. The summed E-state index contributed by atoms with van der Waals surface area (Å²) in [6.45, 7) is 0.591. The Bertz CT molecular complexity index is 452. The molecule has 4 nitrogen and oxygen atoms in total. The zero-order valence-corrected chi connectivity index (χ0v) is 9.98. The van der Waals surface area contributed by atoms with Gasteiger partial charge < -0.3 is 9.84 Å². The third-order valence-corrected chi connectivity index (χ3v) is 3.63. The molecular formula is C10H10F3NO3S. The van der Waals surface area contributed by atoms with Gasteiger partial charge in [0.2, 0.25) is 0 Å². The molecule has 0 spiro atoms. The van der Waals surface area contributed by atoms with Gasteiger partial charge in [-0.15, -0.1) is 11.3 Å². The molecule has 1 fully saturated rings. The van der Waals surface area contributed by atoms with Crippen molar-refractivity contribution in [3.8, 4) is 0 Å². The fraction of sp³-hybridized carbons (Fsp3) is 0.600. The first-order valence-electron chi connectivity index (χ1n) is 5.29. The number of nitrogens with zero attached hydrogens (tertiary/aromatic N) is 1. The summed E-state index contributed by atoms with van der Waals surface area (Å²) in [7, 11) is 0. The molecule has 1 unspecified atom stereocenters. The number of carboxylic acids is 1. The third-order valence-electron chi connectivity index (χ3n) is 2.56. The number of carbonyl (C=O) groups is 1. The Morgan fingerprint density at radius 2 is 2.28 bits per heavy atom. The topological polar surface area (TPSA) is 59.4 Å². The summed E-state index contributed by atoms with van der Waals surface area (Å²) in [5.74, 6) is -1.60. The van der Waals surface area contributed by atoms with Gasteiger partial charge in [0.15, 0.2) is 5.69 Å². The summed E-state index contributed by atoms with van der Waals surface area (Å²) in [5.41, 5.74) is -1.31. The second-order valence-corrected chi connectivity index (χ2v) is 5.01. The van der Waals surface area contributed by atoms with E-state index >= 15 is 0 Å². The smallest absolute Gasteiger partial charge is 0.435 e. The molecular weight excluding hydrogens is 271 g/mol. The normalized spacial score (nSPS) is 20.3. The average Bonchev–Trinajstić information content (AvgIpc) is 2.85. The Hall–Kier alpha value is -1.15. The van der Waals surface area contributed by atoms with Crippen molar-refractivity contribution in [2.24, 2.45) is 0 Å². The van der Waals surface area contributed by atoms with E-state index in [1.807, 2.05) is 0 Å². The van der Waals surface area contributed by atoms with Gasteiger partial charge in [-0.3, -0.25) is 0 Å². The number of aromatic nitrogens is 1. The van der Waals surface area contributed by atoms with Crippen molar-refractivity contribution in [3.63, 3.8) is 0 Å². The van der Waals surface area contributed by atoms with Crippen LogP contribution in [0, 0.1) is 0 Å². The minimum absolute atomic E-state index is 0.154. The molecule has 18 heavy (non-hydrogen) atoms. The minimum atomic E-state index is -4.74. The van der Waals surface area contributed by atoms with Gasteiger partial charge >= 0.3 is 12.1 Å². The molecule has 1 aliphatic rings. The zero-order chi connectivity index (χ0) is 13.3. The van der Waals surface area contributed by atoms with E-state index in [1.165, 1.54) is 0 Å². The lowest BCUT2D eigenvalue weighted by molar-refractivity contribution is -0.141. The SMILES string of the molecule is O=C(O)c1sc(CC2CCCO2)nc1C(F)(F)F. The van der Waals surface area contributed by atoms with Crippen molar-refractivity contribution in [2.75, 3.05) is 6.61 Å². The summed E-state index contributed by atoms with van der Waals surface area (Å²) in [4.78, 5) is 13.4. The fourth-order valence-electron chi connectivity index (χ4n) is 1.79. The van der Waals surface area contributed by atoms with E-state index in [2.05, 4.69) is 4.98 Å². The molecule has 100 valence electrons. The second-order valence-electron chi connectivity index (χ2n) is 3.93. The van der Waals surface area contributed by atoms with Crippen LogP contribution in [-0.2, 0) is 17.3 Å². The van der Waals surface area contributed by atoms with Crippen LogP contribution in [0.5, 0.6) is 0 Å². The summed E-state index contributed by atoms with van der Waals surface area (Å²) < 4.78 is 43.0. The van der Waals surface area contributed by atoms with Crippen LogP contribution in [-0.4, -0.2) is 28.8 Å². The van der Waals surface area contributed by atoms with Crippen molar-refractivity contribution >= 4 is 17.3 Å². The van der Waals surface area contributed by atoms with E-state index in [0.29, 0.717) is 17.9 Å². The van der Waals surface area contributed by atoms with Gasteiger partial charge in [0.25, 0.3) is 0 Å². The third kappa shape index (κ3) is 2.81. The maximum absolute atomic E-state index is 12.6. The minimum Gasteiger partial charge on any atom is -0.477 e. The van der Waals surface area contributed by atoms with Crippen LogP contribution in [0.3, 0.4) is 0 Å². The Labute approximate surface area is 104 Å². The highest BCUT2D eigenvalue weighted by Gasteiger charge is 2.39. The lowest BCUT2D eigenvalue weighted by Gasteiger charge is -2.05. The second kappa shape index (κ2) is 4.85. The van der Waals surface area contributed by atoms with Crippen LogP contribution >= 0.6 is 11.3 Å². The number of aromatic carboxylic acids is 1. The van der Waals surface area contributed by atoms with Gasteiger partial charge in [-0.2, -0.15) is 13.2 Å². The molecule has 1 N–H and O–H groups in total. The van der Waals surface area contributed by atoms with Crippen LogP contribution in [0.2, 0.25) is 0 Å². The summed E-state index contributed by atoms with van der Waals surface area (Å²) in [6.07, 6.45) is -3.02. The quantitative estimate of drug-likeness (QED) is 0.925. The lowest BCUT2D eigenvalue weighted by atomic mass is 10.2. The highest BCUT2D eigenvalue weighted by Crippen LogP contribution is 2.35. The van der Waals surface area contributed by atoms with E-state index in [1.54, 1.807) is 0 Å². The summed E-state index contributed by atoms with van der Waals surface area (Å²) >= 11 is 0.571. The molecule has 1 aromatic rings. The first kappa shape index (κ1) is 13.3. The largest absolute Gasteiger partial charge is 0.477 e. The van der Waals surface area contributed by atoms with Crippen LogP contribution in [0.25, 0.3) is 0 Å². The van der Waals surface area contributed by atoms with E-state index in [0.717, 1.165) is 12.8 Å². The monoisotopic (exact) mass is 281 g/mol. The standard InChI is InChI=1S/C10H10F3NO3S/c11-10(12,13)8-7(9(15)16)18-6(14-8)4-5-2-1-3-17-5/h5H,1-4H2,(H,15,16). The highest BCUT2D eigenvalue weighted by atomic mass is 32.1. The Morgan fingerprint density at radius 1 is 1.56 bits per heavy atom. The van der Waals surface area contributed by atoms with Crippen LogP contribution < -0.4 is 0 Å². The Balaban J connectivity index is 2.24. The van der Waals surface area contributed by atoms with Gasteiger partial charge in [-0.1, -0.05) is 0 Å². The summed E-state index contributed by atoms with van der Waals surface area (Å²) in [6, 6.07) is 0. The molecule has 2 heterocycles. The molecule has 1 aromatic heterocycles. The molecule has 8 heteroatoms. The van der Waals surface area contributed by atoms with Crippen LogP contribution in [0.4, 0.5) is 13.2 Å². The Morgan fingerprint density at radius 3 is 2.72 bits per heavy atom. The van der Waals surface area contributed by atoms with Gasteiger partial charge in [-0.25, -0.2) is 9.78 Å². The predicted octanol–water partition coefficient (Wildman–Crippen LogP) is 2.58. The van der Waals surface area contributed by atoms with Crippen LogP contribution in [0.1, 0.15) is 33.2 Å². The van der Waals surface area contributed by atoms with Crippen molar-refractivity contribution in [3.05, 3.63) is 15.6 Å². The highest BCUT2D eigenvalue weighted by molar-refractivity contribution is 7.13. The molecule has 0 bridgehead atoms. The number of hydrogen-bond donors (Lipinski definition) is 1. The van der Waals surface area contributed by atoms with Gasteiger partial charge in [0.05, 0.1) is 11.1 Å². The number of hydrogen-bond acceptors (Lipinski definition) is 4. The molecule has 2 rings (SSSR count). The van der Waals surface area contributed by atoms with Crippen molar-refractivity contribution < 1.29 is 27.8 Å². The van der Waals surface area contributed by atoms with E-state index < -0.39 is 22.7 Å². The van der Waals surface area contributed by atoms with Crippen molar-refractivity contribution in [1.82, 2.24) is 4.98 Å². The van der Waals surface area contributed by atoms with Crippen LogP contribution in [0.15, 0.2) is 0 Å². The number of thiazole rings is 1. The average molecular weight is 281 g/mol. The molecule has 0 radical (unpaired) electrons. The number of ether oxygens (including phenoxy) is 1. The molecule has 0 aromatic carbocycles. The number of rotatable bonds is 3. The predicted molar refractivity (Wildman–Crippen MR) is 56.8 cm³/mol. The lowest BCUT2D eigenvalue weighted by Crippen LogP contribution is -2.12. The summed E-state index contributed by atoms with van der Waals surface area (Å²) in [5, 5.41) is 8.90. The molecule has 0 amide bonds. The number of alkyl halides is 3. The van der Waals surface area contributed by atoms with Crippen molar-refractivity contribution in [2.45, 2.75) is 31.5 Å².